The zero-order valence-electron chi connectivity index (χ0n) is 19.6. The molecule has 1 aliphatic rings. The monoisotopic (exact) mass is 478 g/mol. The predicted molar refractivity (Wildman–Crippen MR) is 133 cm³/mol. The van der Waals surface area contributed by atoms with E-state index in [-0.39, 0.29) is 0 Å². The van der Waals surface area contributed by atoms with Crippen LogP contribution in [0.4, 0.5) is 17.5 Å². The number of aromatic nitrogens is 3. The summed E-state index contributed by atoms with van der Waals surface area (Å²) in [6.45, 7) is 7.37. The normalized spacial score (nSPS) is 14.5. The molecule has 0 bridgehead atoms. The Hall–Kier alpha value is -3.50. The van der Waals surface area contributed by atoms with Crippen molar-refractivity contribution in [1.29, 1.82) is 0 Å². The lowest BCUT2D eigenvalue weighted by Gasteiger charge is -2.33. The molecule has 1 N–H and O–H groups in total. The molecule has 34 heavy (non-hydrogen) atoms. The number of benzene rings is 1. The first-order chi connectivity index (χ1) is 16.4. The van der Waals surface area contributed by atoms with E-state index in [9.17, 15) is 4.79 Å². The summed E-state index contributed by atoms with van der Waals surface area (Å²) in [6, 6.07) is 9.77. The van der Waals surface area contributed by atoms with Crippen molar-refractivity contribution in [3.05, 3.63) is 47.5 Å². The SMILES string of the molecule is COC(=O)c1c(C)oc(Nc2cc(N3CCN(C)CC3)nc(C)n2)c1-c1nc2ccccc2s1. The molecule has 0 amide bonds. The van der Waals surface area contributed by atoms with Crippen LogP contribution in [0, 0.1) is 13.8 Å². The number of esters is 1. The number of ether oxygens (including phenoxy) is 1. The summed E-state index contributed by atoms with van der Waals surface area (Å²) in [5.74, 6) is 2.49. The van der Waals surface area contributed by atoms with Crippen molar-refractivity contribution in [2.45, 2.75) is 13.8 Å². The first-order valence-electron chi connectivity index (χ1n) is 11.1. The third-order valence-electron chi connectivity index (χ3n) is 5.87. The fourth-order valence-corrected chi connectivity index (χ4v) is 5.11. The molecule has 1 saturated heterocycles. The van der Waals surface area contributed by atoms with Crippen molar-refractivity contribution in [3.63, 3.8) is 0 Å². The number of nitrogens with one attached hydrogen (secondary N) is 1. The molecule has 0 aliphatic carbocycles. The maximum absolute atomic E-state index is 12.7. The summed E-state index contributed by atoms with van der Waals surface area (Å²) < 4.78 is 12.1. The second kappa shape index (κ2) is 9.03. The molecule has 0 atom stereocenters. The maximum Gasteiger partial charge on any atom is 0.342 e. The number of likely N-dealkylation sites (N-methyl/N-ethyl adjacent to an activating group) is 1. The van der Waals surface area contributed by atoms with Crippen molar-refractivity contribution < 1.29 is 13.9 Å². The number of hydrogen-bond donors (Lipinski definition) is 1. The molecule has 4 heterocycles. The van der Waals surface area contributed by atoms with Gasteiger partial charge in [0.05, 0.1) is 22.9 Å². The average Bonchev–Trinajstić information content (AvgIpc) is 3.38. The highest BCUT2D eigenvalue weighted by atomic mass is 32.1. The number of rotatable bonds is 5. The number of fused-ring (bicyclic) bond motifs is 1. The van der Waals surface area contributed by atoms with Gasteiger partial charge in [0.15, 0.2) is 0 Å². The number of thiazole rings is 1. The lowest BCUT2D eigenvalue weighted by atomic mass is 10.1. The van der Waals surface area contributed by atoms with Crippen molar-refractivity contribution in [3.8, 4) is 10.6 Å². The summed E-state index contributed by atoms with van der Waals surface area (Å²) >= 11 is 1.50. The first-order valence-corrected chi connectivity index (χ1v) is 11.9. The number of carbonyl (C=O) groups excluding carboxylic acids is 1. The molecule has 3 aromatic heterocycles. The summed E-state index contributed by atoms with van der Waals surface area (Å²) in [7, 11) is 3.48. The van der Waals surface area contributed by atoms with Gasteiger partial charge in [-0.3, -0.25) is 0 Å². The number of carbonyl (C=O) groups is 1. The molecule has 5 rings (SSSR count). The van der Waals surface area contributed by atoms with Gasteiger partial charge in [0, 0.05) is 32.2 Å². The van der Waals surface area contributed by atoms with Crippen LogP contribution in [0.1, 0.15) is 21.9 Å². The topological polar surface area (TPSA) is 96.6 Å². The highest BCUT2D eigenvalue weighted by molar-refractivity contribution is 7.21. The molecule has 0 spiro atoms. The number of furan rings is 1. The molecule has 0 saturated carbocycles. The molecule has 10 heteroatoms. The smallest absolute Gasteiger partial charge is 0.342 e. The minimum absolute atomic E-state index is 0.356. The van der Waals surface area contributed by atoms with Gasteiger partial charge in [-0.2, -0.15) is 0 Å². The molecule has 1 fully saturated rings. The second-order valence-electron chi connectivity index (χ2n) is 8.29. The van der Waals surface area contributed by atoms with Crippen LogP contribution in [-0.2, 0) is 4.74 Å². The summed E-state index contributed by atoms with van der Waals surface area (Å²) in [4.78, 5) is 31.2. The zero-order chi connectivity index (χ0) is 23.8. The van der Waals surface area contributed by atoms with Crippen molar-refractivity contribution in [2.24, 2.45) is 0 Å². The Bertz CT molecular complexity index is 1320. The average molecular weight is 479 g/mol. The second-order valence-corrected chi connectivity index (χ2v) is 9.32. The van der Waals surface area contributed by atoms with E-state index < -0.39 is 5.97 Å². The summed E-state index contributed by atoms with van der Waals surface area (Å²) in [6.07, 6.45) is 0. The van der Waals surface area contributed by atoms with Gasteiger partial charge in [0.2, 0.25) is 5.88 Å². The highest BCUT2D eigenvalue weighted by Crippen LogP contribution is 2.41. The zero-order valence-corrected chi connectivity index (χ0v) is 20.4. The Morgan fingerprint density at radius 2 is 1.88 bits per heavy atom. The van der Waals surface area contributed by atoms with Crippen LogP contribution in [0.3, 0.4) is 0 Å². The number of hydrogen-bond acceptors (Lipinski definition) is 10. The molecule has 1 aliphatic heterocycles. The molecular formula is C24H26N6O3S. The number of nitrogens with zero attached hydrogens (tertiary/aromatic N) is 5. The quantitative estimate of drug-likeness (QED) is 0.422. The summed E-state index contributed by atoms with van der Waals surface area (Å²) in [5.41, 5.74) is 1.79. The third kappa shape index (κ3) is 4.22. The Morgan fingerprint density at radius 1 is 1.12 bits per heavy atom. The van der Waals surface area contributed by atoms with Crippen molar-refractivity contribution >= 4 is 45.0 Å². The first kappa shape index (κ1) is 22.3. The van der Waals surface area contributed by atoms with Crippen LogP contribution in [0.25, 0.3) is 20.8 Å². The van der Waals surface area contributed by atoms with Gasteiger partial charge >= 0.3 is 5.97 Å². The van der Waals surface area contributed by atoms with Crippen LogP contribution >= 0.6 is 11.3 Å². The molecular weight excluding hydrogens is 452 g/mol. The van der Waals surface area contributed by atoms with Gasteiger partial charge in [-0.05, 0) is 33.0 Å². The summed E-state index contributed by atoms with van der Waals surface area (Å²) in [5, 5.41) is 3.96. The lowest BCUT2D eigenvalue weighted by molar-refractivity contribution is 0.0599. The molecule has 0 unspecified atom stereocenters. The number of para-hydroxylation sites is 1. The minimum Gasteiger partial charge on any atom is -0.465 e. The Morgan fingerprint density at radius 3 is 2.62 bits per heavy atom. The van der Waals surface area contributed by atoms with Crippen molar-refractivity contribution in [2.75, 3.05) is 50.6 Å². The van der Waals surface area contributed by atoms with Crippen LogP contribution < -0.4 is 10.2 Å². The van der Waals surface area contributed by atoms with Gasteiger partial charge in [-0.15, -0.1) is 11.3 Å². The number of aryl methyl sites for hydroxylation is 2. The standard InChI is InChI=1S/C24H26N6O3S/c1-14-20(24(31)32-4)21(23-27-16-7-5-6-8-17(16)34-23)22(33-14)28-18-13-19(26-15(2)25-18)30-11-9-29(3)10-12-30/h5-8,13H,9-12H2,1-4H3,(H,25,26,28). The van der Waals surface area contributed by atoms with E-state index in [1.165, 1.54) is 18.4 Å². The van der Waals surface area contributed by atoms with Gasteiger partial charge in [-0.25, -0.2) is 19.7 Å². The van der Waals surface area contributed by atoms with Crippen molar-refractivity contribution in [1.82, 2.24) is 19.9 Å². The van der Waals surface area contributed by atoms with Crippen LogP contribution in [0.5, 0.6) is 0 Å². The van der Waals surface area contributed by atoms with E-state index in [0.717, 1.165) is 42.2 Å². The minimum atomic E-state index is -0.472. The van der Waals surface area contributed by atoms with Crippen LogP contribution in [0.2, 0.25) is 0 Å². The van der Waals surface area contributed by atoms with Gasteiger partial charge in [-0.1, -0.05) is 12.1 Å². The molecule has 176 valence electrons. The fourth-order valence-electron chi connectivity index (χ4n) is 4.09. The van der Waals surface area contributed by atoms with Gasteiger partial charge in [0.25, 0.3) is 0 Å². The molecule has 9 nitrogen and oxygen atoms in total. The van der Waals surface area contributed by atoms with E-state index in [2.05, 4.69) is 32.1 Å². The maximum atomic E-state index is 12.7. The van der Waals surface area contributed by atoms with Gasteiger partial charge in [0.1, 0.15) is 33.8 Å². The lowest BCUT2D eigenvalue weighted by Crippen LogP contribution is -2.44. The van der Waals surface area contributed by atoms with E-state index >= 15 is 0 Å². The highest BCUT2D eigenvalue weighted by Gasteiger charge is 2.28. The number of methoxy groups -OCH3 is 1. The van der Waals surface area contributed by atoms with E-state index in [0.29, 0.717) is 39.4 Å². The van der Waals surface area contributed by atoms with E-state index in [1.807, 2.05) is 37.3 Å². The van der Waals surface area contributed by atoms with E-state index in [1.54, 1.807) is 6.92 Å². The predicted octanol–water partition coefficient (Wildman–Crippen LogP) is 4.25. The molecule has 0 radical (unpaired) electrons. The molecule has 1 aromatic carbocycles. The Balaban J connectivity index is 1.56. The Kier molecular flexibility index (Phi) is 5.93. The van der Waals surface area contributed by atoms with Gasteiger partial charge < -0.3 is 24.3 Å². The third-order valence-corrected chi connectivity index (χ3v) is 6.93. The molecule has 4 aromatic rings. The number of anilines is 3. The van der Waals surface area contributed by atoms with Crippen LogP contribution in [-0.4, -0.2) is 66.2 Å². The van der Waals surface area contributed by atoms with Crippen LogP contribution in [0.15, 0.2) is 34.7 Å². The van der Waals surface area contributed by atoms with E-state index in [4.69, 9.17) is 14.1 Å². The fraction of sp³-hybridized carbons (Fsp3) is 0.333. The largest absolute Gasteiger partial charge is 0.465 e. The number of piperazine rings is 1. The Labute approximate surface area is 201 Å².